The van der Waals surface area contributed by atoms with Crippen LogP contribution in [0.2, 0.25) is 10.0 Å². The maximum atomic E-state index is 11.7. The Bertz CT molecular complexity index is 1320. The van der Waals surface area contributed by atoms with E-state index in [1.807, 2.05) is 30.3 Å². The van der Waals surface area contributed by atoms with Gasteiger partial charge in [-0.25, -0.2) is 4.79 Å². The van der Waals surface area contributed by atoms with Gasteiger partial charge in [0.2, 0.25) is 0 Å². The summed E-state index contributed by atoms with van der Waals surface area (Å²) in [6.07, 6.45) is 0. The Morgan fingerprint density at radius 3 is 2.44 bits per heavy atom. The summed E-state index contributed by atoms with van der Waals surface area (Å²) < 4.78 is 6.83. The van der Waals surface area contributed by atoms with E-state index in [0.717, 1.165) is 22.0 Å². The number of esters is 1. The minimum Gasteiger partial charge on any atom is -0.465 e. The van der Waals surface area contributed by atoms with Crippen molar-refractivity contribution in [3.05, 3.63) is 93.5 Å². The summed E-state index contributed by atoms with van der Waals surface area (Å²) in [6.45, 7) is 4.32. The van der Waals surface area contributed by atoms with Crippen LogP contribution >= 0.6 is 35.0 Å². The first kappa shape index (κ1) is 24.3. The quantitative estimate of drug-likeness (QED) is 0.190. The Labute approximate surface area is 213 Å². The van der Waals surface area contributed by atoms with E-state index in [-0.39, 0.29) is 5.97 Å². The van der Waals surface area contributed by atoms with Crippen molar-refractivity contribution in [2.75, 3.05) is 7.11 Å². The van der Waals surface area contributed by atoms with E-state index in [9.17, 15) is 4.79 Å². The summed E-state index contributed by atoms with van der Waals surface area (Å²) in [5, 5.41) is 10.9. The highest BCUT2D eigenvalue weighted by Gasteiger charge is 2.21. The number of halogens is 2. The first-order valence-electron chi connectivity index (χ1n) is 10.7. The number of hydrogen-bond acceptors (Lipinski definition) is 5. The van der Waals surface area contributed by atoms with Crippen LogP contribution in [0, 0.1) is 0 Å². The van der Waals surface area contributed by atoms with Crippen LogP contribution in [0.4, 0.5) is 0 Å². The molecule has 0 N–H and O–H groups in total. The first-order valence-corrected chi connectivity index (χ1v) is 12.4. The molecule has 0 atom stereocenters. The SMILES string of the molecule is COC(=O)c1ccc(CSc2nnc(-c3ccc(Cl)cc3Cl)n2-c2ccccc2C(C)C)cc1. The molecular formula is C26H23Cl2N3O2S. The third-order valence-electron chi connectivity index (χ3n) is 5.35. The highest BCUT2D eigenvalue weighted by atomic mass is 35.5. The molecule has 174 valence electrons. The summed E-state index contributed by atoms with van der Waals surface area (Å²) in [4.78, 5) is 11.7. The summed E-state index contributed by atoms with van der Waals surface area (Å²) in [5.74, 6) is 1.25. The molecule has 0 unspecified atom stereocenters. The van der Waals surface area contributed by atoms with Gasteiger partial charge in [-0.2, -0.15) is 0 Å². The number of para-hydroxylation sites is 1. The number of thioether (sulfide) groups is 1. The zero-order chi connectivity index (χ0) is 24.2. The molecule has 4 rings (SSSR count). The lowest BCUT2D eigenvalue weighted by atomic mass is 10.0. The standard InChI is InChI=1S/C26H23Cl2N3O2S/c1-16(2)20-6-4-5-7-23(20)31-24(21-13-12-19(27)14-22(21)28)29-30-26(31)34-15-17-8-10-18(11-9-17)25(32)33-3/h4-14,16H,15H2,1-3H3. The molecule has 0 bridgehead atoms. The van der Waals surface area contributed by atoms with Crippen LogP contribution in [-0.4, -0.2) is 27.8 Å². The molecule has 8 heteroatoms. The van der Waals surface area contributed by atoms with Crippen molar-refractivity contribution in [3.63, 3.8) is 0 Å². The number of carbonyl (C=O) groups excluding carboxylic acids is 1. The Hall–Kier alpha value is -2.80. The number of ether oxygens (including phenoxy) is 1. The second-order valence-electron chi connectivity index (χ2n) is 7.96. The van der Waals surface area contributed by atoms with Gasteiger partial charge in [-0.1, -0.05) is 79.1 Å². The zero-order valence-corrected chi connectivity index (χ0v) is 21.3. The summed E-state index contributed by atoms with van der Waals surface area (Å²) in [7, 11) is 1.37. The van der Waals surface area contributed by atoms with Crippen molar-refractivity contribution in [3.8, 4) is 17.1 Å². The van der Waals surface area contributed by atoms with Crippen molar-refractivity contribution in [2.45, 2.75) is 30.7 Å². The predicted molar refractivity (Wildman–Crippen MR) is 138 cm³/mol. The number of aromatic nitrogens is 3. The monoisotopic (exact) mass is 511 g/mol. The molecule has 0 aliphatic rings. The second kappa shape index (κ2) is 10.6. The fourth-order valence-electron chi connectivity index (χ4n) is 3.61. The van der Waals surface area contributed by atoms with Crippen LogP contribution in [0.15, 0.2) is 71.9 Å². The van der Waals surface area contributed by atoms with Crippen LogP contribution in [0.3, 0.4) is 0 Å². The van der Waals surface area contributed by atoms with Gasteiger partial charge in [-0.15, -0.1) is 10.2 Å². The second-order valence-corrected chi connectivity index (χ2v) is 9.74. The van der Waals surface area contributed by atoms with E-state index in [4.69, 9.17) is 27.9 Å². The van der Waals surface area contributed by atoms with Crippen LogP contribution in [0.1, 0.15) is 41.3 Å². The highest BCUT2D eigenvalue weighted by molar-refractivity contribution is 7.98. The highest BCUT2D eigenvalue weighted by Crippen LogP contribution is 2.36. The minimum absolute atomic E-state index is 0.302. The smallest absolute Gasteiger partial charge is 0.337 e. The topological polar surface area (TPSA) is 57.0 Å². The average Bonchev–Trinajstić information content (AvgIpc) is 3.26. The van der Waals surface area contributed by atoms with Gasteiger partial charge >= 0.3 is 5.97 Å². The van der Waals surface area contributed by atoms with Gasteiger partial charge in [-0.05, 0) is 53.4 Å². The average molecular weight is 512 g/mol. The molecule has 0 fully saturated rings. The van der Waals surface area contributed by atoms with Crippen molar-refractivity contribution in [1.29, 1.82) is 0 Å². The van der Waals surface area contributed by atoms with E-state index >= 15 is 0 Å². The largest absolute Gasteiger partial charge is 0.465 e. The van der Waals surface area contributed by atoms with E-state index < -0.39 is 0 Å². The number of nitrogens with zero attached hydrogens (tertiary/aromatic N) is 3. The number of rotatable bonds is 7. The zero-order valence-electron chi connectivity index (χ0n) is 19.0. The molecule has 0 amide bonds. The molecule has 3 aromatic carbocycles. The third-order valence-corrected chi connectivity index (χ3v) is 6.90. The van der Waals surface area contributed by atoms with Crippen molar-refractivity contribution in [1.82, 2.24) is 14.8 Å². The Kier molecular flexibility index (Phi) is 7.61. The molecule has 0 saturated heterocycles. The molecular weight excluding hydrogens is 489 g/mol. The molecule has 5 nitrogen and oxygen atoms in total. The van der Waals surface area contributed by atoms with E-state index in [0.29, 0.717) is 33.1 Å². The normalized spacial score (nSPS) is 11.1. The van der Waals surface area contributed by atoms with Gasteiger partial charge in [-0.3, -0.25) is 4.57 Å². The molecule has 1 aromatic heterocycles. The van der Waals surface area contributed by atoms with E-state index in [1.54, 1.807) is 36.0 Å². The number of carbonyl (C=O) groups is 1. The molecule has 0 aliphatic heterocycles. The number of benzene rings is 3. The molecule has 1 heterocycles. The molecule has 0 aliphatic carbocycles. The fraction of sp³-hybridized carbons (Fsp3) is 0.192. The summed E-state index contributed by atoms with van der Waals surface area (Å²) >= 11 is 14.2. The first-order chi connectivity index (χ1) is 16.4. The minimum atomic E-state index is -0.353. The van der Waals surface area contributed by atoms with Crippen LogP contribution in [-0.2, 0) is 10.5 Å². The van der Waals surface area contributed by atoms with Crippen LogP contribution in [0.5, 0.6) is 0 Å². The van der Waals surface area contributed by atoms with Crippen molar-refractivity contribution in [2.24, 2.45) is 0 Å². The van der Waals surface area contributed by atoms with Gasteiger partial charge < -0.3 is 4.74 Å². The van der Waals surface area contributed by atoms with E-state index in [1.165, 1.54) is 12.7 Å². The summed E-state index contributed by atoms with van der Waals surface area (Å²) in [6, 6.07) is 21.0. The molecule has 0 spiro atoms. The Morgan fingerprint density at radius 1 is 1.03 bits per heavy atom. The summed E-state index contributed by atoms with van der Waals surface area (Å²) in [5.41, 5.74) is 4.51. The molecule has 0 radical (unpaired) electrons. The number of hydrogen-bond donors (Lipinski definition) is 0. The lowest BCUT2D eigenvalue weighted by molar-refractivity contribution is 0.0600. The van der Waals surface area contributed by atoms with Gasteiger partial charge in [0.15, 0.2) is 11.0 Å². The van der Waals surface area contributed by atoms with Crippen molar-refractivity contribution < 1.29 is 9.53 Å². The van der Waals surface area contributed by atoms with Crippen LogP contribution < -0.4 is 0 Å². The van der Waals surface area contributed by atoms with Gasteiger partial charge in [0.05, 0.1) is 23.4 Å². The maximum absolute atomic E-state index is 11.7. The molecule has 4 aromatic rings. The Balaban J connectivity index is 1.75. The molecule has 34 heavy (non-hydrogen) atoms. The lowest BCUT2D eigenvalue weighted by Crippen LogP contribution is -2.05. The van der Waals surface area contributed by atoms with Gasteiger partial charge in [0.25, 0.3) is 0 Å². The van der Waals surface area contributed by atoms with Crippen LogP contribution in [0.25, 0.3) is 17.1 Å². The van der Waals surface area contributed by atoms with Gasteiger partial charge in [0, 0.05) is 16.3 Å². The lowest BCUT2D eigenvalue weighted by Gasteiger charge is -2.17. The number of methoxy groups -OCH3 is 1. The third kappa shape index (κ3) is 5.14. The fourth-order valence-corrected chi connectivity index (χ4v) is 5.00. The Morgan fingerprint density at radius 2 is 1.76 bits per heavy atom. The maximum Gasteiger partial charge on any atom is 0.337 e. The predicted octanol–water partition coefficient (Wildman–Crippen LogP) is 7.44. The molecule has 0 saturated carbocycles. The van der Waals surface area contributed by atoms with E-state index in [2.05, 4.69) is 40.7 Å². The van der Waals surface area contributed by atoms with Crippen molar-refractivity contribution >= 4 is 40.9 Å². The van der Waals surface area contributed by atoms with Gasteiger partial charge in [0.1, 0.15) is 0 Å².